The molecule has 0 bridgehead atoms. The number of nitrogens with two attached hydrogens (primary N) is 1. The Morgan fingerprint density at radius 2 is 1.94 bits per heavy atom. The highest BCUT2D eigenvalue weighted by Crippen LogP contribution is 2.29. The lowest BCUT2D eigenvalue weighted by Crippen LogP contribution is -2.33. The van der Waals surface area contributed by atoms with Gasteiger partial charge in [-0.15, -0.1) is 0 Å². The van der Waals surface area contributed by atoms with Crippen LogP contribution >= 0.6 is 0 Å². The van der Waals surface area contributed by atoms with Gasteiger partial charge < -0.3 is 15.8 Å². The molecule has 0 aliphatic rings. The van der Waals surface area contributed by atoms with Crippen LogP contribution in [0.3, 0.4) is 0 Å². The Hall–Kier alpha value is -1.52. The average Bonchev–Trinajstić information content (AvgIpc) is 2.39. The zero-order valence-corrected chi connectivity index (χ0v) is 11.8. The van der Waals surface area contributed by atoms with E-state index in [4.69, 9.17) is 10.5 Å². The minimum Gasteiger partial charge on any atom is -0.476 e. The fourth-order valence-corrected chi connectivity index (χ4v) is 1.51. The predicted molar refractivity (Wildman–Crippen MR) is 74.8 cm³/mol. The molecule has 0 saturated heterocycles. The van der Waals surface area contributed by atoms with Gasteiger partial charge in [-0.1, -0.05) is 20.8 Å². The first-order valence-corrected chi connectivity index (χ1v) is 6.57. The molecule has 18 heavy (non-hydrogen) atoms. The fraction of sp³-hybridized carbons (Fsp3) is 0.692. The van der Waals surface area contributed by atoms with Gasteiger partial charge in [-0.3, -0.25) is 0 Å². The van der Waals surface area contributed by atoms with Gasteiger partial charge in [-0.2, -0.15) is 4.98 Å². The number of rotatable bonds is 7. The maximum absolute atomic E-state index is 6.03. The van der Waals surface area contributed by atoms with Crippen LogP contribution in [0.15, 0.2) is 6.33 Å². The molecule has 0 amide bonds. The van der Waals surface area contributed by atoms with Crippen molar-refractivity contribution >= 4 is 11.5 Å². The van der Waals surface area contributed by atoms with E-state index < -0.39 is 0 Å². The van der Waals surface area contributed by atoms with Crippen molar-refractivity contribution in [1.82, 2.24) is 9.97 Å². The molecule has 0 aromatic carbocycles. The van der Waals surface area contributed by atoms with Crippen LogP contribution < -0.4 is 15.8 Å². The SMILES string of the molecule is CCCOc1ncnc(NC(C)(CC)CC)c1N. The molecule has 1 heterocycles. The predicted octanol–water partition coefficient (Wildman–Crippen LogP) is 2.84. The minimum atomic E-state index is -0.00942. The molecule has 1 rings (SSSR count). The van der Waals surface area contributed by atoms with Gasteiger partial charge in [0.2, 0.25) is 5.88 Å². The Kier molecular flexibility index (Phi) is 5.19. The molecule has 0 fully saturated rings. The smallest absolute Gasteiger partial charge is 0.242 e. The molecule has 0 radical (unpaired) electrons. The first kappa shape index (κ1) is 14.5. The van der Waals surface area contributed by atoms with Crippen LogP contribution in [0.1, 0.15) is 47.0 Å². The molecule has 0 aliphatic heterocycles. The summed E-state index contributed by atoms with van der Waals surface area (Å²) in [7, 11) is 0. The quantitative estimate of drug-likeness (QED) is 0.780. The summed E-state index contributed by atoms with van der Waals surface area (Å²) in [5, 5.41) is 3.38. The van der Waals surface area contributed by atoms with E-state index in [0.29, 0.717) is 24.0 Å². The van der Waals surface area contributed by atoms with E-state index in [0.717, 1.165) is 19.3 Å². The first-order valence-electron chi connectivity index (χ1n) is 6.57. The van der Waals surface area contributed by atoms with E-state index in [1.807, 2.05) is 6.92 Å². The topological polar surface area (TPSA) is 73.1 Å². The molecular formula is C13H24N4O. The molecule has 0 spiro atoms. The van der Waals surface area contributed by atoms with Gasteiger partial charge in [0.1, 0.15) is 12.0 Å². The van der Waals surface area contributed by atoms with Gasteiger partial charge >= 0.3 is 0 Å². The van der Waals surface area contributed by atoms with Crippen LogP contribution in [0.25, 0.3) is 0 Å². The van der Waals surface area contributed by atoms with Gasteiger partial charge in [0, 0.05) is 5.54 Å². The van der Waals surface area contributed by atoms with E-state index in [9.17, 15) is 0 Å². The third-order valence-corrected chi connectivity index (χ3v) is 3.27. The molecule has 0 unspecified atom stereocenters. The van der Waals surface area contributed by atoms with Crippen LogP contribution in [0, 0.1) is 0 Å². The Morgan fingerprint density at radius 3 is 2.50 bits per heavy atom. The number of anilines is 2. The maximum atomic E-state index is 6.03. The molecule has 3 N–H and O–H groups in total. The van der Waals surface area contributed by atoms with Crippen LogP contribution in [0.5, 0.6) is 5.88 Å². The number of hydrogen-bond acceptors (Lipinski definition) is 5. The number of ether oxygens (including phenoxy) is 1. The van der Waals surface area contributed by atoms with E-state index in [2.05, 4.69) is 36.1 Å². The van der Waals surface area contributed by atoms with Crippen LogP contribution in [-0.2, 0) is 0 Å². The van der Waals surface area contributed by atoms with Gasteiger partial charge in [-0.05, 0) is 26.2 Å². The van der Waals surface area contributed by atoms with Gasteiger partial charge in [0.25, 0.3) is 0 Å². The summed E-state index contributed by atoms with van der Waals surface area (Å²) in [5.74, 6) is 1.12. The highest BCUT2D eigenvalue weighted by molar-refractivity contribution is 5.67. The second-order valence-electron chi connectivity index (χ2n) is 4.68. The molecule has 5 heteroatoms. The van der Waals surface area contributed by atoms with Crippen molar-refractivity contribution in [2.75, 3.05) is 17.7 Å². The van der Waals surface area contributed by atoms with E-state index in [1.54, 1.807) is 0 Å². The Morgan fingerprint density at radius 1 is 1.28 bits per heavy atom. The third kappa shape index (κ3) is 3.48. The summed E-state index contributed by atoms with van der Waals surface area (Å²) in [5.41, 5.74) is 6.50. The lowest BCUT2D eigenvalue weighted by atomic mass is 9.95. The highest BCUT2D eigenvalue weighted by atomic mass is 16.5. The van der Waals surface area contributed by atoms with E-state index in [1.165, 1.54) is 6.33 Å². The van der Waals surface area contributed by atoms with E-state index >= 15 is 0 Å². The van der Waals surface area contributed by atoms with Crippen molar-refractivity contribution in [3.63, 3.8) is 0 Å². The standard InChI is InChI=1S/C13H24N4O/c1-5-8-18-12-10(14)11(15-9-16-12)17-13(4,6-2)7-3/h9H,5-8,14H2,1-4H3,(H,15,16,17). The summed E-state index contributed by atoms with van der Waals surface area (Å²) in [4.78, 5) is 8.26. The molecular weight excluding hydrogens is 228 g/mol. The fourth-order valence-electron chi connectivity index (χ4n) is 1.51. The second kappa shape index (κ2) is 6.42. The maximum Gasteiger partial charge on any atom is 0.242 e. The summed E-state index contributed by atoms with van der Waals surface area (Å²) >= 11 is 0. The number of hydrogen-bond donors (Lipinski definition) is 2. The number of nitrogens with one attached hydrogen (secondary N) is 1. The Labute approximate surface area is 109 Å². The first-order chi connectivity index (χ1) is 8.56. The van der Waals surface area contributed by atoms with Gasteiger partial charge in [0.05, 0.1) is 6.61 Å². The van der Waals surface area contributed by atoms with Crippen LogP contribution in [0.2, 0.25) is 0 Å². The lowest BCUT2D eigenvalue weighted by Gasteiger charge is -2.29. The number of nitrogen functional groups attached to an aromatic ring is 1. The normalized spacial score (nSPS) is 11.3. The van der Waals surface area contributed by atoms with Crippen molar-refractivity contribution < 1.29 is 4.74 Å². The summed E-state index contributed by atoms with van der Waals surface area (Å²) in [6.07, 6.45) is 4.40. The largest absolute Gasteiger partial charge is 0.476 e. The zero-order valence-electron chi connectivity index (χ0n) is 11.8. The highest BCUT2D eigenvalue weighted by Gasteiger charge is 2.21. The number of aromatic nitrogens is 2. The molecule has 0 atom stereocenters. The van der Waals surface area contributed by atoms with Crippen LogP contribution in [-0.4, -0.2) is 22.1 Å². The Balaban J connectivity index is 2.89. The van der Waals surface area contributed by atoms with Gasteiger partial charge in [-0.25, -0.2) is 4.98 Å². The minimum absolute atomic E-state index is 0.00942. The summed E-state index contributed by atoms with van der Waals surface area (Å²) in [6, 6.07) is 0. The number of nitrogens with zero attached hydrogens (tertiary/aromatic N) is 2. The molecule has 0 aliphatic carbocycles. The molecule has 1 aromatic heterocycles. The van der Waals surface area contributed by atoms with E-state index in [-0.39, 0.29) is 5.54 Å². The summed E-state index contributed by atoms with van der Waals surface area (Å²) in [6.45, 7) is 9.09. The van der Waals surface area contributed by atoms with Crippen molar-refractivity contribution in [1.29, 1.82) is 0 Å². The second-order valence-corrected chi connectivity index (χ2v) is 4.68. The summed E-state index contributed by atoms with van der Waals surface area (Å²) < 4.78 is 5.49. The average molecular weight is 252 g/mol. The monoisotopic (exact) mass is 252 g/mol. The molecule has 0 saturated carbocycles. The molecule has 5 nitrogen and oxygen atoms in total. The van der Waals surface area contributed by atoms with Gasteiger partial charge in [0.15, 0.2) is 5.82 Å². The molecule has 102 valence electrons. The van der Waals surface area contributed by atoms with Crippen molar-refractivity contribution in [2.24, 2.45) is 0 Å². The molecule has 1 aromatic rings. The zero-order chi connectivity index (χ0) is 13.6. The third-order valence-electron chi connectivity index (χ3n) is 3.27. The van der Waals surface area contributed by atoms with Crippen molar-refractivity contribution in [2.45, 2.75) is 52.5 Å². The lowest BCUT2D eigenvalue weighted by molar-refractivity contribution is 0.306. The van der Waals surface area contributed by atoms with Crippen molar-refractivity contribution in [3.8, 4) is 5.88 Å². The van der Waals surface area contributed by atoms with Crippen LogP contribution in [0.4, 0.5) is 11.5 Å². The van der Waals surface area contributed by atoms with Crippen molar-refractivity contribution in [3.05, 3.63) is 6.33 Å². The Bertz CT molecular complexity index is 377.